The van der Waals surface area contributed by atoms with E-state index in [1.807, 2.05) is 0 Å². The molecule has 0 unspecified atom stereocenters. The van der Waals surface area contributed by atoms with Crippen molar-refractivity contribution < 1.29 is 13.2 Å². The van der Waals surface area contributed by atoms with Gasteiger partial charge in [0.2, 0.25) is 0 Å². The molecule has 0 aromatic carbocycles. The molecule has 1 aromatic rings. The highest BCUT2D eigenvalue weighted by atomic mass is 32.2. The van der Waals surface area contributed by atoms with E-state index in [4.69, 9.17) is 11.5 Å². The quantitative estimate of drug-likeness (QED) is 0.605. The first-order chi connectivity index (χ1) is 8.29. The Morgan fingerprint density at radius 1 is 1.50 bits per heavy atom. The topological polar surface area (TPSA) is 128 Å². The second kappa shape index (κ2) is 5.67. The summed E-state index contributed by atoms with van der Waals surface area (Å²) in [6.45, 7) is 0.433. The average Bonchev–Trinajstić information content (AvgIpc) is 2.24. The van der Waals surface area contributed by atoms with Crippen LogP contribution in [0.2, 0.25) is 0 Å². The normalized spacial score (nSPS) is 11.2. The van der Waals surface area contributed by atoms with Crippen LogP contribution in [0.25, 0.3) is 0 Å². The Morgan fingerprint density at radius 2 is 2.17 bits per heavy atom. The van der Waals surface area contributed by atoms with Gasteiger partial charge in [0.05, 0.1) is 23.2 Å². The van der Waals surface area contributed by atoms with Gasteiger partial charge in [0.15, 0.2) is 0 Å². The number of amides is 1. The highest BCUT2D eigenvalue weighted by Gasteiger charge is 2.07. The second-order valence-corrected chi connectivity index (χ2v) is 6.19. The lowest BCUT2D eigenvalue weighted by Crippen LogP contribution is -2.15. The van der Waals surface area contributed by atoms with Crippen LogP contribution in [0.4, 0.5) is 11.5 Å². The highest BCUT2D eigenvalue weighted by molar-refractivity contribution is 7.90. The zero-order valence-electron chi connectivity index (χ0n) is 10.0. The summed E-state index contributed by atoms with van der Waals surface area (Å²) in [7, 11) is -2.96. The van der Waals surface area contributed by atoms with Crippen LogP contribution >= 0.6 is 0 Å². The maximum Gasteiger partial charge on any atom is 0.250 e. The fourth-order valence-corrected chi connectivity index (χ4v) is 2.00. The number of carbonyl (C=O) groups excluding carboxylic acids is 1. The van der Waals surface area contributed by atoms with Crippen molar-refractivity contribution in [1.29, 1.82) is 0 Å². The molecule has 1 amide bonds. The van der Waals surface area contributed by atoms with E-state index in [0.29, 0.717) is 18.8 Å². The molecule has 0 saturated carbocycles. The summed E-state index contributed by atoms with van der Waals surface area (Å²) >= 11 is 0. The van der Waals surface area contributed by atoms with Crippen molar-refractivity contribution in [3.8, 4) is 0 Å². The fraction of sp³-hybridized carbons (Fsp3) is 0.400. The number of pyridine rings is 1. The molecular formula is C10H16N4O3S. The van der Waals surface area contributed by atoms with Crippen LogP contribution < -0.4 is 16.8 Å². The van der Waals surface area contributed by atoms with Gasteiger partial charge in [-0.2, -0.15) is 0 Å². The summed E-state index contributed by atoms with van der Waals surface area (Å²) in [6, 6.07) is 1.44. The molecule has 8 heteroatoms. The number of nitrogens with zero attached hydrogens (tertiary/aromatic N) is 1. The van der Waals surface area contributed by atoms with E-state index in [9.17, 15) is 13.2 Å². The SMILES string of the molecule is CS(=O)(=O)CCCNc1cc(C(N)=O)c(N)cn1. The Morgan fingerprint density at radius 3 is 2.72 bits per heavy atom. The Labute approximate surface area is 105 Å². The minimum Gasteiger partial charge on any atom is -0.397 e. The minimum absolute atomic E-state index is 0.0949. The van der Waals surface area contributed by atoms with Gasteiger partial charge in [0, 0.05) is 12.8 Å². The Bertz CT molecular complexity index is 542. The Balaban J connectivity index is 2.58. The average molecular weight is 272 g/mol. The fourth-order valence-electron chi connectivity index (χ4n) is 1.33. The van der Waals surface area contributed by atoms with Crippen LogP contribution in [-0.4, -0.2) is 37.9 Å². The molecule has 0 saturated heterocycles. The molecule has 0 bridgehead atoms. The van der Waals surface area contributed by atoms with Gasteiger partial charge in [-0.1, -0.05) is 0 Å². The van der Waals surface area contributed by atoms with Crippen LogP contribution in [0.3, 0.4) is 0 Å². The van der Waals surface area contributed by atoms with Gasteiger partial charge in [0.25, 0.3) is 5.91 Å². The molecule has 7 nitrogen and oxygen atoms in total. The number of primary amides is 1. The van der Waals surface area contributed by atoms with Gasteiger partial charge >= 0.3 is 0 Å². The van der Waals surface area contributed by atoms with E-state index < -0.39 is 15.7 Å². The lowest BCUT2D eigenvalue weighted by atomic mass is 10.2. The molecule has 5 N–H and O–H groups in total. The van der Waals surface area contributed by atoms with Crippen LogP contribution in [0.5, 0.6) is 0 Å². The van der Waals surface area contributed by atoms with Crippen molar-refractivity contribution in [2.45, 2.75) is 6.42 Å². The number of nitrogens with two attached hydrogens (primary N) is 2. The number of carbonyl (C=O) groups is 1. The number of hydrogen-bond donors (Lipinski definition) is 3. The summed E-state index contributed by atoms with van der Waals surface area (Å²) in [5, 5.41) is 2.90. The molecule has 18 heavy (non-hydrogen) atoms. The van der Waals surface area contributed by atoms with Crippen LogP contribution in [0.1, 0.15) is 16.8 Å². The van der Waals surface area contributed by atoms with Crippen molar-refractivity contribution in [3.63, 3.8) is 0 Å². The molecule has 0 fully saturated rings. The molecule has 100 valence electrons. The molecule has 1 heterocycles. The largest absolute Gasteiger partial charge is 0.397 e. The van der Waals surface area contributed by atoms with Gasteiger partial charge in [-0.15, -0.1) is 0 Å². The summed E-state index contributed by atoms with van der Waals surface area (Å²) in [5.74, 6) is -0.0990. The number of nitrogens with one attached hydrogen (secondary N) is 1. The number of aromatic nitrogens is 1. The molecular weight excluding hydrogens is 256 g/mol. The smallest absolute Gasteiger partial charge is 0.250 e. The van der Waals surface area contributed by atoms with Crippen molar-refractivity contribution >= 4 is 27.2 Å². The van der Waals surface area contributed by atoms with Crippen LogP contribution in [0.15, 0.2) is 12.3 Å². The summed E-state index contributed by atoms with van der Waals surface area (Å²) in [6.07, 6.45) is 2.97. The number of hydrogen-bond acceptors (Lipinski definition) is 6. The monoisotopic (exact) mass is 272 g/mol. The molecule has 0 radical (unpaired) electrons. The first-order valence-corrected chi connectivity index (χ1v) is 7.32. The van der Waals surface area contributed by atoms with E-state index in [2.05, 4.69) is 10.3 Å². The molecule has 1 aromatic heterocycles. The van der Waals surface area contributed by atoms with Crippen LogP contribution in [-0.2, 0) is 9.84 Å². The summed E-state index contributed by atoms with van der Waals surface area (Å²) in [5.41, 5.74) is 11.1. The van der Waals surface area contributed by atoms with E-state index in [1.165, 1.54) is 18.5 Å². The van der Waals surface area contributed by atoms with Gasteiger partial charge in [-0.05, 0) is 12.5 Å². The predicted octanol–water partition coefficient (Wildman–Crippen LogP) is -0.391. The van der Waals surface area contributed by atoms with E-state index in [-0.39, 0.29) is 17.0 Å². The molecule has 1 rings (SSSR count). The van der Waals surface area contributed by atoms with Crippen molar-refractivity contribution in [2.24, 2.45) is 5.73 Å². The Kier molecular flexibility index (Phi) is 4.49. The highest BCUT2D eigenvalue weighted by Crippen LogP contribution is 2.13. The molecule has 0 aliphatic carbocycles. The second-order valence-electron chi connectivity index (χ2n) is 3.93. The van der Waals surface area contributed by atoms with Gasteiger partial charge < -0.3 is 16.8 Å². The number of rotatable bonds is 6. The third-order valence-corrected chi connectivity index (χ3v) is 3.23. The van der Waals surface area contributed by atoms with Gasteiger partial charge in [0.1, 0.15) is 15.7 Å². The summed E-state index contributed by atoms with van der Waals surface area (Å²) < 4.78 is 21.8. The molecule has 0 aliphatic heterocycles. The van der Waals surface area contributed by atoms with Gasteiger partial charge in [-0.3, -0.25) is 4.79 Å². The molecule has 0 spiro atoms. The minimum atomic E-state index is -2.96. The molecule has 0 atom stereocenters. The van der Waals surface area contributed by atoms with Gasteiger partial charge in [-0.25, -0.2) is 13.4 Å². The van der Waals surface area contributed by atoms with Crippen LogP contribution in [0, 0.1) is 0 Å². The third-order valence-electron chi connectivity index (χ3n) is 2.20. The zero-order chi connectivity index (χ0) is 13.8. The lowest BCUT2D eigenvalue weighted by Gasteiger charge is -2.07. The molecule has 0 aliphatic rings. The van der Waals surface area contributed by atoms with Crippen molar-refractivity contribution in [3.05, 3.63) is 17.8 Å². The zero-order valence-corrected chi connectivity index (χ0v) is 10.8. The van der Waals surface area contributed by atoms with Crippen molar-refractivity contribution in [2.75, 3.05) is 29.6 Å². The standard InChI is InChI=1S/C10H16N4O3S/c1-18(16,17)4-2-3-13-9-5-7(10(12)15)8(11)6-14-9/h5-6H,2-4,11H2,1H3,(H2,12,15)(H,13,14). The van der Waals surface area contributed by atoms with Crippen molar-refractivity contribution in [1.82, 2.24) is 4.98 Å². The Hall–Kier alpha value is -1.83. The maximum absolute atomic E-state index is 11.0. The first kappa shape index (κ1) is 14.2. The number of nitrogen functional groups attached to an aromatic ring is 1. The summed E-state index contributed by atoms with van der Waals surface area (Å²) in [4.78, 5) is 15.0. The number of anilines is 2. The maximum atomic E-state index is 11.0. The lowest BCUT2D eigenvalue weighted by molar-refractivity contribution is 0.100. The van der Waals surface area contributed by atoms with E-state index in [1.54, 1.807) is 0 Å². The first-order valence-electron chi connectivity index (χ1n) is 5.26. The third kappa shape index (κ3) is 4.58. The van der Waals surface area contributed by atoms with E-state index in [0.717, 1.165) is 0 Å². The number of sulfone groups is 1. The predicted molar refractivity (Wildman–Crippen MR) is 70.0 cm³/mol. The van der Waals surface area contributed by atoms with E-state index >= 15 is 0 Å².